The lowest BCUT2D eigenvalue weighted by molar-refractivity contribution is -0.0262. The lowest BCUT2D eigenvalue weighted by atomic mass is 9.79. The van der Waals surface area contributed by atoms with Crippen LogP contribution < -0.4 is 0 Å². The number of hydrogen-bond donors (Lipinski definition) is 0. The van der Waals surface area contributed by atoms with E-state index in [-0.39, 0.29) is 17.8 Å². The summed E-state index contributed by atoms with van der Waals surface area (Å²) >= 11 is 0. The summed E-state index contributed by atoms with van der Waals surface area (Å²) < 4.78 is 0. The predicted molar refractivity (Wildman–Crippen MR) is 139 cm³/mol. The van der Waals surface area contributed by atoms with Gasteiger partial charge in [-0.1, -0.05) is 48.5 Å². The molecule has 0 unspecified atom stereocenters. The van der Waals surface area contributed by atoms with E-state index in [2.05, 4.69) is 76.3 Å². The topological polar surface area (TPSA) is 89.9 Å². The molecule has 35 heavy (non-hydrogen) atoms. The first-order valence-electron chi connectivity index (χ1n) is 11.5. The third-order valence-electron chi connectivity index (χ3n) is 7.74. The van der Waals surface area contributed by atoms with Crippen molar-refractivity contribution in [3.05, 3.63) is 95.0 Å². The first kappa shape index (κ1) is 18.5. The summed E-state index contributed by atoms with van der Waals surface area (Å²) in [7, 11) is 0. The van der Waals surface area contributed by atoms with Gasteiger partial charge in [-0.05, 0) is 94.5 Å². The van der Waals surface area contributed by atoms with Gasteiger partial charge in [-0.25, -0.2) is 0 Å². The van der Waals surface area contributed by atoms with Gasteiger partial charge in [-0.2, -0.15) is 9.58 Å². The number of benzene rings is 7. The van der Waals surface area contributed by atoms with Crippen LogP contribution in [0.5, 0.6) is 0 Å². The Bertz CT molecular complexity index is 2210. The summed E-state index contributed by atoms with van der Waals surface area (Å²) in [4.78, 5) is 19.5. The highest BCUT2D eigenvalue weighted by atomic mass is 16.1. The van der Waals surface area contributed by atoms with E-state index in [9.17, 15) is 15.9 Å². The van der Waals surface area contributed by atoms with E-state index >= 15 is 0 Å². The molecule has 0 saturated carbocycles. The van der Waals surface area contributed by atoms with Gasteiger partial charge >= 0.3 is 11.4 Å². The van der Waals surface area contributed by atoms with E-state index in [1.165, 1.54) is 37.7 Å². The minimum absolute atomic E-state index is 0.0726. The van der Waals surface area contributed by atoms with Crippen molar-refractivity contribution in [2.45, 2.75) is 6.42 Å². The van der Waals surface area contributed by atoms with Gasteiger partial charge in [0.05, 0.1) is 6.42 Å². The van der Waals surface area contributed by atoms with E-state index in [4.69, 9.17) is 0 Å². The minimum Gasteiger partial charge on any atom is -0.361 e. The van der Waals surface area contributed by atoms with Crippen molar-refractivity contribution in [2.75, 3.05) is 0 Å². The van der Waals surface area contributed by atoms with Crippen LogP contribution in [-0.2, 0) is 6.42 Å². The molecule has 0 fully saturated rings. The van der Waals surface area contributed by atoms with Crippen molar-refractivity contribution in [3.8, 4) is 0 Å². The molecule has 0 heterocycles. The van der Waals surface area contributed by atoms with Crippen LogP contribution in [0.2, 0.25) is 0 Å². The Kier molecular flexibility index (Phi) is 3.24. The molecule has 5 heteroatoms. The van der Waals surface area contributed by atoms with Gasteiger partial charge < -0.3 is 11.1 Å². The van der Waals surface area contributed by atoms with Crippen molar-refractivity contribution < 1.29 is 14.4 Å². The standard InChI is InChI=1S/C30H14N4O/c31-33-24-13-20-22-11-18-7-5-15-9-14-3-1-2-4-19(14)21-10-17-8-6-16(12-23(20)30(35)29(24)34-32)26(22)28(17)27(18)25(15)21/h1-12H,13H2. The van der Waals surface area contributed by atoms with Crippen molar-refractivity contribution in [2.24, 2.45) is 0 Å². The number of fused-ring (bicyclic) bond motifs is 4. The number of rotatable bonds is 0. The highest BCUT2D eigenvalue weighted by Gasteiger charge is 2.42. The SMILES string of the molecule is [N-]=[N+]=C1Cc2c(cc3ccc4cc5c6ccccc6cc6ccc7cc2c3c4c7c65)C(=O)C1=[N+]=[N-]. The Morgan fingerprint density at radius 2 is 1.23 bits per heavy atom. The Morgan fingerprint density at radius 1 is 0.600 bits per heavy atom. The van der Waals surface area contributed by atoms with Gasteiger partial charge in [0.2, 0.25) is 0 Å². The maximum absolute atomic E-state index is 13.2. The van der Waals surface area contributed by atoms with Crippen LogP contribution in [0.4, 0.5) is 0 Å². The van der Waals surface area contributed by atoms with E-state index in [0.29, 0.717) is 5.56 Å². The zero-order valence-corrected chi connectivity index (χ0v) is 18.3. The molecule has 0 radical (unpaired) electrons. The molecule has 1 aliphatic carbocycles. The Labute approximate surface area is 197 Å². The zero-order valence-electron chi connectivity index (χ0n) is 18.3. The molecule has 0 N–H and O–H groups in total. The fourth-order valence-electron chi connectivity index (χ4n) is 6.29. The van der Waals surface area contributed by atoms with E-state index in [0.717, 1.165) is 32.5 Å². The van der Waals surface area contributed by atoms with E-state index in [1.807, 2.05) is 6.07 Å². The van der Waals surface area contributed by atoms with Crippen molar-refractivity contribution in [1.82, 2.24) is 0 Å². The molecule has 0 amide bonds. The van der Waals surface area contributed by atoms with Gasteiger partial charge in [0.1, 0.15) is 0 Å². The van der Waals surface area contributed by atoms with Crippen LogP contribution in [0.15, 0.2) is 72.8 Å². The molecule has 0 aromatic heterocycles. The number of hydrogen-bond acceptors (Lipinski definition) is 1. The molecule has 7 aromatic carbocycles. The first-order chi connectivity index (χ1) is 17.2. The molecule has 0 saturated heterocycles. The second kappa shape index (κ2) is 6.13. The Hall–Kier alpha value is -4.95. The maximum atomic E-state index is 13.2. The van der Waals surface area contributed by atoms with Gasteiger partial charge in [0.25, 0.3) is 5.78 Å². The lowest BCUT2D eigenvalue weighted by Gasteiger charge is -2.21. The van der Waals surface area contributed by atoms with E-state index in [1.54, 1.807) is 0 Å². The van der Waals surface area contributed by atoms with Gasteiger partial charge in [0.15, 0.2) is 0 Å². The third-order valence-corrected chi connectivity index (χ3v) is 7.74. The van der Waals surface area contributed by atoms with Crippen LogP contribution in [0.1, 0.15) is 15.9 Å². The summed E-state index contributed by atoms with van der Waals surface area (Å²) in [6, 6.07) is 25.6. The predicted octanol–water partition coefficient (Wildman–Crippen LogP) is 6.56. The Morgan fingerprint density at radius 3 is 1.94 bits per heavy atom. The highest BCUT2D eigenvalue weighted by Crippen LogP contribution is 2.46. The Balaban J connectivity index is 1.64. The summed E-state index contributed by atoms with van der Waals surface area (Å²) in [5.41, 5.74) is 20.1. The number of carbonyl (C=O) groups is 1. The molecule has 1 aliphatic rings. The number of nitrogens with zero attached hydrogens (tertiary/aromatic N) is 4. The maximum Gasteiger partial charge on any atom is 0.446 e. The third kappa shape index (κ3) is 2.12. The average molecular weight is 446 g/mol. The second-order valence-electron chi connectivity index (χ2n) is 9.37. The molecule has 0 atom stereocenters. The molecular weight excluding hydrogens is 432 g/mol. The molecule has 8 rings (SSSR count). The fourth-order valence-corrected chi connectivity index (χ4v) is 6.29. The van der Waals surface area contributed by atoms with Gasteiger partial charge in [-0.3, -0.25) is 4.79 Å². The lowest BCUT2D eigenvalue weighted by Crippen LogP contribution is -2.34. The molecular formula is C30H14N4O. The number of ketones is 1. The van der Waals surface area contributed by atoms with Crippen molar-refractivity contribution in [3.63, 3.8) is 0 Å². The minimum atomic E-state index is -0.435. The summed E-state index contributed by atoms with van der Waals surface area (Å²) in [6.07, 6.45) is 0.213. The largest absolute Gasteiger partial charge is 0.446 e. The first-order valence-corrected chi connectivity index (χ1v) is 11.5. The fraction of sp³-hybridized carbons (Fsp3) is 0.0333. The normalized spacial score (nSPS) is 14.1. The van der Waals surface area contributed by atoms with Gasteiger partial charge in [0, 0.05) is 5.56 Å². The molecule has 0 aliphatic heterocycles. The van der Waals surface area contributed by atoms with Crippen LogP contribution in [0, 0.1) is 0 Å². The van der Waals surface area contributed by atoms with Gasteiger partial charge in [-0.15, -0.1) is 0 Å². The molecule has 160 valence electrons. The number of carbonyl (C=O) groups excluding carboxylic acids is 1. The average Bonchev–Trinajstić information content (AvgIpc) is 2.90. The monoisotopic (exact) mass is 446 g/mol. The second-order valence-corrected chi connectivity index (χ2v) is 9.37. The van der Waals surface area contributed by atoms with Crippen molar-refractivity contribution >= 4 is 81.8 Å². The highest BCUT2D eigenvalue weighted by molar-refractivity contribution is 6.69. The zero-order chi connectivity index (χ0) is 23.4. The van der Waals surface area contributed by atoms with Crippen LogP contribution in [-0.4, -0.2) is 26.8 Å². The van der Waals surface area contributed by atoms with Crippen LogP contribution in [0.25, 0.3) is 75.7 Å². The summed E-state index contributed by atoms with van der Waals surface area (Å²) in [5, 5.41) is 13.9. The molecule has 0 spiro atoms. The number of Topliss-reactive ketones (excluding diaryl/α,β-unsaturated/α-hetero) is 1. The smallest absolute Gasteiger partial charge is 0.361 e. The van der Waals surface area contributed by atoms with Crippen molar-refractivity contribution in [1.29, 1.82) is 0 Å². The van der Waals surface area contributed by atoms with Crippen LogP contribution in [0.3, 0.4) is 0 Å². The van der Waals surface area contributed by atoms with E-state index < -0.39 is 5.78 Å². The molecule has 5 nitrogen and oxygen atoms in total. The summed E-state index contributed by atoms with van der Waals surface area (Å²) in [5.74, 6) is -0.435. The molecule has 7 aromatic rings. The van der Waals surface area contributed by atoms with Crippen LogP contribution >= 0.6 is 0 Å². The quantitative estimate of drug-likeness (QED) is 0.112. The molecule has 0 bridgehead atoms. The summed E-state index contributed by atoms with van der Waals surface area (Å²) in [6.45, 7) is 0.